The molecule has 0 amide bonds. The van der Waals surface area contributed by atoms with Gasteiger partial charge in [-0.3, -0.25) is 0 Å². The summed E-state index contributed by atoms with van der Waals surface area (Å²) < 4.78 is 5.89. The van der Waals surface area contributed by atoms with Crippen LogP contribution in [0.4, 0.5) is 0 Å². The van der Waals surface area contributed by atoms with E-state index < -0.39 is 0 Å². The normalized spacial score (nSPS) is 17.2. The first-order valence-electron chi connectivity index (χ1n) is 6.41. The molecule has 0 saturated carbocycles. The molecule has 0 radical (unpaired) electrons. The number of ether oxygens (including phenoxy) is 1. The topological polar surface area (TPSA) is 12.5 Å². The van der Waals surface area contributed by atoms with Crippen molar-refractivity contribution in [2.45, 2.75) is 26.7 Å². The van der Waals surface area contributed by atoms with Gasteiger partial charge < -0.3 is 9.64 Å². The van der Waals surface area contributed by atoms with Crippen molar-refractivity contribution in [3.05, 3.63) is 40.1 Å². The summed E-state index contributed by atoms with van der Waals surface area (Å²) in [7, 11) is 2.15. The van der Waals surface area contributed by atoms with Crippen molar-refractivity contribution in [3.63, 3.8) is 0 Å². The van der Waals surface area contributed by atoms with Crippen LogP contribution < -0.4 is 4.74 Å². The summed E-state index contributed by atoms with van der Waals surface area (Å²) in [5.41, 5.74) is 2.52. The Balaban J connectivity index is 2.38. The van der Waals surface area contributed by atoms with Gasteiger partial charge in [0.05, 0.1) is 5.76 Å². The van der Waals surface area contributed by atoms with Crippen LogP contribution in [-0.2, 0) is 12.8 Å². The summed E-state index contributed by atoms with van der Waals surface area (Å²) in [5, 5.41) is 0.866. The maximum absolute atomic E-state index is 6.32. The minimum atomic E-state index is 0.866. The van der Waals surface area contributed by atoms with Crippen LogP contribution in [0.25, 0.3) is 0 Å². The SMILES string of the molecule is CC=C(C)Oc1ccc(Cl)c2c1CCN(C)CC2. The number of hydrogen-bond donors (Lipinski definition) is 0. The first kappa shape index (κ1) is 13.4. The van der Waals surface area contributed by atoms with Crippen molar-refractivity contribution in [2.75, 3.05) is 20.1 Å². The van der Waals surface area contributed by atoms with Crippen molar-refractivity contribution in [1.29, 1.82) is 0 Å². The van der Waals surface area contributed by atoms with E-state index in [-0.39, 0.29) is 0 Å². The molecule has 0 N–H and O–H groups in total. The van der Waals surface area contributed by atoms with E-state index in [9.17, 15) is 0 Å². The predicted molar refractivity (Wildman–Crippen MR) is 76.4 cm³/mol. The molecule has 0 spiro atoms. The zero-order valence-corrected chi connectivity index (χ0v) is 12.0. The molecule has 1 aliphatic heterocycles. The number of benzene rings is 1. The smallest absolute Gasteiger partial charge is 0.130 e. The largest absolute Gasteiger partial charge is 0.462 e. The summed E-state index contributed by atoms with van der Waals surface area (Å²) in [6.07, 6.45) is 3.97. The molecule has 18 heavy (non-hydrogen) atoms. The van der Waals surface area contributed by atoms with E-state index in [1.807, 2.05) is 32.1 Å². The van der Waals surface area contributed by atoms with Crippen LogP contribution in [0.5, 0.6) is 5.75 Å². The number of hydrogen-bond acceptors (Lipinski definition) is 2. The third-order valence-electron chi connectivity index (χ3n) is 3.50. The average molecular weight is 266 g/mol. The molecule has 2 nitrogen and oxygen atoms in total. The van der Waals surface area contributed by atoms with Gasteiger partial charge in [-0.2, -0.15) is 0 Å². The Hall–Kier alpha value is -0.990. The minimum Gasteiger partial charge on any atom is -0.462 e. The zero-order chi connectivity index (χ0) is 13.1. The Kier molecular flexibility index (Phi) is 4.31. The van der Waals surface area contributed by atoms with Crippen molar-refractivity contribution in [3.8, 4) is 5.75 Å². The van der Waals surface area contributed by atoms with E-state index in [0.717, 1.165) is 42.5 Å². The van der Waals surface area contributed by atoms with Gasteiger partial charge in [-0.25, -0.2) is 0 Å². The lowest BCUT2D eigenvalue weighted by molar-refractivity contribution is 0.350. The summed E-state index contributed by atoms with van der Waals surface area (Å²) in [5.74, 6) is 1.89. The monoisotopic (exact) mass is 265 g/mol. The van der Waals surface area contributed by atoms with E-state index in [2.05, 4.69) is 11.9 Å². The van der Waals surface area contributed by atoms with Crippen LogP contribution in [0.2, 0.25) is 5.02 Å². The van der Waals surface area contributed by atoms with Gasteiger partial charge >= 0.3 is 0 Å². The molecule has 0 fully saturated rings. The third kappa shape index (κ3) is 2.88. The Morgan fingerprint density at radius 1 is 1.28 bits per heavy atom. The number of fused-ring (bicyclic) bond motifs is 1. The standard InChI is InChI=1S/C15H20ClNO/c1-4-11(2)18-15-6-5-14(16)12-7-9-17(3)10-8-13(12)15/h4-6H,7-10H2,1-3H3. The van der Waals surface area contributed by atoms with Crippen LogP contribution in [0.3, 0.4) is 0 Å². The van der Waals surface area contributed by atoms with Crippen molar-refractivity contribution >= 4 is 11.6 Å². The fourth-order valence-electron chi connectivity index (χ4n) is 2.23. The maximum Gasteiger partial charge on any atom is 0.130 e. The second kappa shape index (κ2) is 5.77. The zero-order valence-electron chi connectivity index (χ0n) is 11.3. The summed E-state index contributed by atoms with van der Waals surface area (Å²) >= 11 is 6.32. The molecule has 0 aliphatic carbocycles. The summed E-state index contributed by atoms with van der Waals surface area (Å²) in [6.45, 7) is 6.07. The summed E-state index contributed by atoms with van der Waals surface area (Å²) in [6, 6.07) is 3.93. The second-order valence-electron chi connectivity index (χ2n) is 4.81. The number of nitrogens with zero attached hydrogens (tertiary/aromatic N) is 1. The van der Waals surface area contributed by atoms with Gasteiger partial charge in [-0.15, -0.1) is 0 Å². The Bertz CT molecular complexity index is 468. The van der Waals surface area contributed by atoms with Gasteiger partial charge in [0, 0.05) is 23.7 Å². The molecule has 0 atom stereocenters. The Morgan fingerprint density at radius 3 is 2.61 bits per heavy atom. The van der Waals surface area contributed by atoms with Gasteiger partial charge in [-0.05, 0) is 57.5 Å². The molecule has 3 heteroatoms. The van der Waals surface area contributed by atoms with E-state index in [4.69, 9.17) is 16.3 Å². The molecule has 0 bridgehead atoms. The molecule has 0 unspecified atom stereocenters. The van der Waals surface area contributed by atoms with Crippen LogP contribution in [0.15, 0.2) is 24.0 Å². The second-order valence-corrected chi connectivity index (χ2v) is 5.21. The van der Waals surface area contributed by atoms with Gasteiger partial charge in [0.15, 0.2) is 0 Å². The molecule has 1 heterocycles. The maximum atomic E-state index is 6.32. The highest BCUT2D eigenvalue weighted by atomic mass is 35.5. The predicted octanol–water partition coefficient (Wildman–Crippen LogP) is 3.67. The first-order valence-corrected chi connectivity index (χ1v) is 6.79. The lowest BCUT2D eigenvalue weighted by atomic mass is 10.0. The fourth-order valence-corrected chi connectivity index (χ4v) is 2.50. The molecule has 1 aromatic carbocycles. The van der Waals surface area contributed by atoms with Crippen molar-refractivity contribution in [1.82, 2.24) is 4.90 Å². The molecular weight excluding hydrogens is 246 g/mol. The highest BCUT2D eigenvalue weighted by Crippen LogP contribution is 2.32. The van der Waals surface area contributed by atoms with Crippen LogP contribution in [0, 0.1) is 0 Å². The lowest BCUT2D eigenvalue weighted by Gasteiger charge is -2.14. The van der Waals surface area contributed by atoms with E-state index in [0.29, 0.717) is 0 Å². The minimum absolute atomic E-state index is 0.866. The van der Waals surface area contributed by atoms with Gasteiger partial charge in [0.1, 0.15) is 5.75 Å². The number of allylic oxidation sites excluding steroid dienone is 2. The average Bonchev–Trinajstić information content (AvgIpc) is 2.56. The number of likely N-dealkylation sites (N-methyl/N-ethyl adjacent to an activating group) is 1. The van der Waals surface area contributed by atoms with E-state index in [1.165, 1.54) is 11.1 Å². The molecule has 0 aromatic heterocycles. The van der Waals surface area contributed by atoms with E-state index in [1.54, 1.807) is 0 Å². The van der Waals surface area contributed by atoms with Crippen LogP contribution in [0.1, 0.15) is 25.0 Å². The molecule has 98 valence electrons. The lowest BCUT2D eigenvalue weighted by Crippen LogP contribution is -2.20. The number of halogens is 1. The third-order valence-corrected chi connectivity index (χ3v) is 3.85. The first-order chi connectivity index (χ1) is 8.61. The Morgan fingerprint density at radius 2 is 1.94 bits per heavy atom. The Labute approximate surface area is 114 Å². The molecule has 1 aliphatic rings. The van der Waals surface area contributed by atoms with Gasteiger partial charge in [0.25, 0.3) is 0 Å². The molecule has 0 saturated heterocycles. The van der Waals surface area contributed by atoms with Crippen molar-refractivity contribution < 1.29 is 4.74 Å². The highest BCUT2D eigenvalue weighted by Gasteiger charge is 2.18. The van der Waals surface area contributed by atoms with Crippen molar-refractivity contribution in [2.24, 2.45) is 0 Å². The molecule has 1 aromatic rings. The molecular formula is C15H20ClNO. The highest BCUT2D eigenvalue weighted by molar-refractivity contribution is 6.31. The van der Waals surface area contributed by atoms with E-state index >= 15 is 0 Å². The molecule has 2 rings (SSSR count). The quantitative estimate of drug-likeness (QED) is 0.757. The van der Waals surface area contributed by atoms with Crippen LogP contribution >= 0.6 is 11.6 Å². The summed E-state index contributed by atoms with van der Waals surface area (Å²) in [4.78, 5) is 2.34. The van der Waals surface area contributed by atoms with Gasteiger partial charge in [0.2, 0.25) is 0 Å². The fraction of sp³-hybridized carbons (Fsp3) is 0.467. The van der Waals surface area contributed by atoms with Crippen LogP contribution in [-0.4, -0.2) is 25.0 Å². The number of rotatable bonds is 2. The van der Waals surface area contributed by atoms with Gasteiger partial charge in [-0.1, -0.05) is 11.6 Å².